The maximum atomic E-state index is 14.2. The summed E-state index contributed by atoms with van der Waals surface area (Å²) in [6.07, 6.45) is 5.73. The Labute approximate surface area is 277 Å². The zero-order valence-corrected chi connectivity index (χ0v) is 27.1. The maximum Gasteiger partial charge on any atom is 0.234 e. The van der Waals surface area contributed by atoms with Gasteiger partial charge in [-0.05, 0) is 85.6 Å². The van der Waals surface area contributed by atoms with Crippen molar-refractivity contribution in [3.05, 3.63) is 113 Å². The summed E-state index contributed by atoms with van der Waals surface area (Å²) >= 11 is 0. The van der Waals surface area contributed by atoms with Gasteiger partial charge in [-0.15, -0.1) is 0 Å². The van der Waals surface area contributed by atoms with Gasteiger partial charge in [0.1, 0.15) is 18.1 Å². The number of aromatic hydroxyl groups is 1. The molecule has 0 aromatic heterocycles. The molecular formula is C40H44N2O5. The van der Waals surface area contributed by atoms with Crippen molar-refractivity contribution in [1.82, 2.24) is 9.80 Å². The van der Waals surface area contributed by atoms with Gasteiger partial charge in [0.25, 0.3) is 0 Å². The number of phenolic OH excluding ortho intramolecular Hbond substituents is 1. The molecule has 3 aromatic carbocycles. The highest BCUT2D eigenvalue weighted by molar-refractivity contribution is 6.06. The van der Waals surface area contributed by atoms with E-state index in [0.29, 0.717) is 19.6 Å². The number of carbonyl (C=O) groups is 2. The third-order valence-electron chi connectivity index (χ3n) is 10.5. The van der Waals surface area contributed by atoms with E-state index in [0.717, 1.165) is 62.2 Å². The molecule has 244 valence electrons. The van der Waals surface area contributed by atoms with Crippen LogP contribution in [0.3, 0.4) is 0 Å². The van der Waals surface area contributed by atoms with Crippen molar-refractivity contribution >= 4 is 17.9 Å². The Bertz CT molecular complexity index is 1640. The lowest BCUT2D eigenvalue weighted by Crippen LogP contribution is -2.47. The van der Waals surface area contributed by atoms with Crippen molar-refractivity contribution in [2.24, 2.45) is 17.8 Å². The van der Waals surface area contributed by atoms with Crippen molar-refractivity contribution < 1.29 is 24.2 Å². The van der Waals surface area contributed by atoms with E-state index in [2.05, 4.69) is 42.2 Å². The topological polar surface area (TPSA) is 79.3 Å². The first-order valence-corrected chi connectivity index (χ1v) is 17.1. The van der Waals surface area contributed by atoms with Gasteiger partial charge >= 0.3 is 0 Å². The first-order chi connectivity index (χ1) is 22.9. The van der Waals surface area contributed by atoms with Crippen LogP contribution in [0.2, 0.25) is 0 Å². The van der Waals surface area contributed by atoms with E-state index in [1.54, 1.807) is 17.0 Å². The number of likely N-dealkylation sites (tertiary alicyclic amines) is 2. The molecule has 3 heterocycles. The predicted molar refractivity (Wildman–Crippen MR) is 181 cm³/mol. The summed E-state index contributed by atoms with van der Waals surface area (Å²) in [6, 6.07) is 27.5. The first-order valence-electron chi connectivity index (χ1n) is 17.1. The average molecular weight is 633 g/mol. The second kappa shape index (κ2) is 13.9. The summed E-state index contributed by atoms with van der Waals surface area (Å²) in [6.45, 7) is 5.57. The number of hydrogen-bond acceptors (Lipinski definition) is 6. The van der Waals surface area contributed by atoms with E-state index < -0.39 is 0 Å². The van der Waals surface area contributed by atoms with Crippen LogP contribution in [0.1, 0.15) is 50.2 Å². The number of nitrogens with zero attached hydrogens (tertiary/aromatic N) is 2. The zero-order chi connectivity index (χ0) is 32.3. The number of ether oxygens (including phenoxy) is 2. The van der Waals surface area contributed by atoms with Gasteiger partial charge in [0.05, 0.1) is 24.5 Å². The second-order valence-corrected chi connectivity index (χ2v) is 13.6. The molecule has 3 aromatic rings. The number of para-hydroxylation sites is 1. The van der Waals surface area contributed by atoms with Gasteiger partial charge in [0.15, 0.2) is 0 Å². The zero-order valence-electron chi connectivity index (χ0n) is 27.1. The Hall–Kier alpha value is -4.20. The third kappa shape index (κ3) is 6.78. The molecular weight excluding hydrogens is 588 g/mol. The van der Waals surface area contributed by atoms with E-state index in [4.69, 9.17) is 9.47 Å². The molecule has 1 aliphatic carbocycles. The molecule has 47 heavy (non-hydrogen) atoms. The Balaban J connectivity index is 1.07. The lowest BCUT2D eigenvalue weighted by atomic mass is 9.69. The maximum absolute atomic E-state index is 14.2. The summed E-state index contributed by atoms with van der Waals surface area (Å²) < 4.78 is 12.7. The van der Waals surface area contributed by atoms with Crippen molar-refractivity contribution in [2.45, 2.75) is 57.7 Å². The first kappa shape index (κ1) is 31.4. The quantitative estimate of drug-likeness (QED) is 0.200. The van der Waals surface area contributed by atoms with E-state index in [1.807, 2.05) is 48.5 Å². The number of amides is 2. The van der Waals surface area contributed by atoms with E-state index in [-0.39, 0.29) is 47.5 Å². The largest absolute Gasteiger partial charge is 0.508 e. The lowest BCUT2D eigenvalue weighted by Gasteiger charge is -2.36. The molecule has 4 aliphatic rings. The van der Waals surface area contributed by atoms with Crippen molar-refractivity contribution in [3.63, 3.8) is 0 Å². The summed E-state index contributed by atoms with van der Waals surface area (Å²) in [5.41, 5.74) is 5.72. The monoisotopic (exact) mass is 632 g/mol. The van der Waals surface area contributed by atoms with Gasteiger partial charge in [-0.25, -0.2) is 0 Å². The second-order valence-electron chi connectivity index (χ2n) is 13.6. The van der Waals surface area contributed by atoms with Crippen LogP contribution >= 0.6 is 0 Å². The number of imide groups is 1. The standard InChI is InChI=1S/C40H44N2O5/c1-27(21-29-11-8-12-32(43)22-29)15-16-36-37-30(25-46-33-13-6-3-7-14-33)23-34-38(35(37)26-47-36)40(45)42(39(34)44)31-17-19-41(20-18-31)24-28-9-4-2-5-10-28/h2-14,21-22,31,34-36,38,43H,15-20,23-26H2,1H3/b27-21+/t34-,35+,36-,38-/m1/s1. The van der Waals surface area contributed by atoms with Crippen molar-refractivity contribution in [3.8, 4) is 11.5 Å². The Kier molecular flexibility index (Phi) is 9.27. The van der Waals surface area contributed by atoms with Gasteiger partial charge in [-0.1, -0.05) is 72.3 Å². The number of fused-ring (bicyclic) bond motifs is 3. The number of carbonyl (C=O) groups excluding carboxylic acids is 2. The Morgan fingerprint density at radius 2 is 1.68 bits per heavy atom. The molecule has 7 nitrogen and oxygen atoms in total. The van der Waals surface area contributed by atoms with Crippen LogP contribution in [0, 0.1) is 17.8 Å². The van der Waals surface area contributed by atoms with E-state index >= 15 is 0 Å². The number of hydrogen-bond donors (Lipinski definition) is 1. The number of phenols is 1. The third-order valence-corrected chi connectivity index (χ3v) is 10.5. The molecule has 0 radical (unpaired) electrons. The van der Waals surface area contributed by atoms with Crippen LogP contribution in [0.4, 0.5) is 0 Å². The number of piperidine rings is 1. The minimum absolute atomic E-state index is 0.00347. The average Bonchev–Trinajstić information content (AvgIpc) is 3.62. The molecule has 0 bridgehead atoms. The van der Waals surface area contributed by atoms with E-state index in [9.17, 15) is 14.7 Å². The van der Waals surface area contributed by atoms with Crippen LogP contribution in [-0.2, 0) is 20.9 Å². The number of rotatable bonds is 10. The summed E-state index contributed by atoms with van der Waals surface area (Å²) in [7, 11) is 0. The van der Waals surface area contributed by atoms with Crippen LogP contribution in [-0.4, -0.2) is 65.2 Å². The fourth-order valence-electron chi connectivity index (χ4n) is 8.18. The van der Waals surface area contributed by atoms with Crippen LogP contribution in [0.15, 0.2) is 102 Å². The highest BCUT2D eigenvalue weighted by atomic mass is 16.5. The predicted octanol–water partition coefficient (Wildman–Crippen LogP) is 6.64. The van der Waals surface area contributed by atoms with Crippen molar-refractivity contribution in [1.29, 1.82) is 0 Å². The molecule has 3 saturated heterocycles. The summed E-state index contributed by atoms with van der Waals surface area (Å²) in [5.74, 6) is 0.195. The molecule has 3 aliphatic heterocycles. The molecule has 2 amide bonds. The molecule has 0 unspecified atom stereocenters. The fourth-order valence-corrected chi connectivity index (χ4v) is 8.18. The van der Waals surface area contributed by atoms with Crippen LogP contribution < -0.4 is 4.74 Å². The molecule has 0 saturated carbocycles. The molecule has 1 N–H and O–H groups in total. The minimum Gasteiger partial charge on any atom is -0.508 e. The number of benzene rings is 3. The van der Waals surface area contributed by atoms with Gasteiger partial charge in [-0.3, -0.25) is 19.4 Å². The van der Waals surface area contributed by atoms with Crippen LogP contribution in [0.5, 0.6) is 11.5 Å². The summed E-state index contributed by atoms with van der Waals surface area (Å²) in [5, 5.41) is 9.88. The molecule has 0 spiro atoms. The van der Waals surface area contributed by atoms with Gasteiger partial charge < -0.3 is 14.6 Å². The molecule has 4 atom stereocenters. The SMILES string of the molecule is C/C(=C\c1cccc(O)c1)CC[C@H]1OC[C@H]2C1=C(COc1ccccc1)C[C@H]1C(=O)N(C3CCN(Cc4ccccc4)CC3)C(=O)[C@H]12. The fraction of sp³-hybridized carbons (Fsp3) is 0.400. The van der Waals surface area contributed by atoms with E-state index in [1.165, 1.54) is 16.7 Å². The molecule has 3 fully saturated rings. The van der Waals surface area contributed by atoms with Gasteiger partial charge in [-0.2, -0.15) is 0 Å². The normalized spacial score (nSPS) is 25.3. The Morgan fingerprint density at radius 1 is 0.936 bits per heavy atom. The highest BCUT2D eigenvalue weighted by Crippen LogP contribution is 2.50. The smallest absolute Gasteiger partial charge is 0.234 e. The van der Waals surface area contributed by atoms with Gasteiger partial charge in [0, 0.05) is 31.6 Å². The minimum atomic E-state index is -0.366. The molecule has 7 heteroatoms. The highest BCUT2D eigenvalue weighted by Gasteiger charge is 2.58. The molecule has 7 rings (SSSR count). The van der Waals surface area contributed by atoms with Gasteiger partial charge in [0.2, 0.25) is 11.8 Å². The number of allylic oxidation sites excluding steroid dienone is 1. The van der Waals surface area contributed by atoms with Crippen LogP contribution in [0.25, 0.3) is 6.08 Å². The lowest BCUT2D eigenvalue weighted by molar-refractivity contribution is -0.144. The Morgan fingerprint density at radius 3 is 2.43 bits per heavy atom. The van der Waals surface area contributed by atoms with Crippen molar-refractivity contribution in [2.75, 3.05) is 26.3 Å². The summed E-state index contributed by atoms with van der Waals surface area (Å²) in [4.78, 5) is 32.4.